The smallest absolute Gasteiger partial charge is 0.224 e. The first-order valence-corrected chi connectivity index (χ1v) is 8.06. The lowest BCUT2D eigenvalue weighted by Gasteiger charge is -2.26. The summed E-state index contributed by atoms with van der Waals surface area (Å²) in [4.78, 5) is 18.5. The number of carbonyl (C=O) groups is 1. The summed E-state index contributed by atoms with van der Waals surface area (Å²) in [6, 6.07) is 5.75. The highest BCUT2D eigenvalue weighted by Gasteiger charge is 2.31. The molecule has 0 saturated carbocycles. The lowest BCUT2D eigenvalue weighted by molar-refractivity contribution is -0.132. The van der Waals surface area contributed by atoms with Crippen molar-refractivity contribution in [3.05, 3.63) is 36.4 Å². The number of aromatic nitrogens is 3. The molecule has 1 fully saturated rings. The summed E-state index contributed by atoms with van der Waals surface area (Å²) in [6.45, 7) is 1.30. The number of methoxy groups -OCH3 is 2. The average Bonchev–Trinajstić information content (AvgIpc) is 3.30. The van der Waals surface area contributed by atoms with Crippen molar-refractivity contribution < 1.29 is 14.3 Å². The molecule has 1 saturated heterocycles. The van der Waals surface area contributed by atoms with Crippen molar-refractivity contribution in [1.82, 2.24) is 19.7 Å². The average molecular weight is 330 g/mol. The van der Waals surface area contributed by atoms with Crippen LogP contribution in [0.3, 0.4) is 0 Å². The molecule has 24 heavy (non-hydrogen) atoms. The Morgan fingerprint density at radius 2 is 2.21 bits per heavy atom. The first-order valence-electron chi connectivity index (χ1n) is 8.06. The van der Waals surface area contributed by atoms with Gasteiger partial charge >= 0.3 is 0 Å². The van der Waals surface area contributed by atoms with E-state index in [9.17, 15) is 4.79 Å². The van der Waals surface area contributed by atoms with E-state index in [2.05, 4.69) is 10.1 Å². The monoisotopic (exact) mass is 330 g/mol. The minimum atomic E-state index is 0.0262. The largest absolute Gasteiger partial charge is 0.497 e. The molecule has 1 aliphatic heterocycles. The van der Waals surface area contributed by atoms with Crippen LogP contribution < -0.4 is 9.47 Å². The number of hydrogen-bond donors (Lipinski definition) is 0. The number of rotatable bonds is 6. The first kappa shape index (κ1) is 16.3. The summed E-state index contributed by atoms with van der Waals surface area (Å²) < 4.78 is 12.5. The van der Waals surface area contributed by atoms with E-state index in [1.165, 1.54) is 6.33 Å². The van der Waals surface area contributed by atoms with Gasteiger partial charge in [0.05, 0.1) is 26.8 Å². The van der Waals surface area contributed by atoms with Crippen LogP contribution in [0.4, 0.5) is 0 Å². The van der Waals surface area contributed by atoms with E-state index in [4.69, 9.17) is 9.47 Å². The lowest BCUT2D eigenvalue weighted by Crippen LogP contribution is -2.31. The Labute approximate surface area is 141 Å². The second-order valence-corrected chi connectivity index (χ2v) is 5.76. The van der Waals surface area contributed by atoms with E-state index < -0.39 is 0 Å². The zero-order valence-electron chi connectivity index (χ0n) is 14.0. The van der Waals surface area contributed by atoms with E-state index in [-0.39, 0.29) is 11.9 Å². The molecule has 7 heteroatoms. The molecular weight excluding hydrogens is 308 g/mol. The van der Waals surface area contributed by atoms with Gasteiger partial charge in [0.15, 0.2) is 0 Å². The van der Waals surface area contributed by atoms with Crippen molar-refractivity contribution in [3.8, 4) is 11.5 Å². The molecule has 0 N–H and O–H groups in total. The molecule has 1 aromatic heterocycles. The van der Waals surface area contributed by atoms with Crippen molar-refractivity contribution >= 4 is 5.91 Å². The molecule has 1 unspecified atom stereocenters. The number of benzene rings is 1. The SMILES string of the molecule is COc1ccc(OC)c(C2CCCN2C(=O)CCn2cncn2)c1. The Morgan fingerprint density at radius 1 is 1.33 bits per heavy atom. The number of likely N-dealkylation sites (tertiary alicyclic amines) is 1. The molecule has 0 spiro atoms. The highest BCUT2D eigenvalue weighted by Crippen LogP contribution is 2.39. The summed E-state index contributed by atoms with van der Waals surface area (Å²) in [5.74, 6) is 1.68. The van der Waals surface area contributed by atoms with E-state index in [0.717, 1.165) is 36.4 Å². The van der Waals surface area contributed by atoms with Gasteiger partial charge in [-0.25, -0.2) is 4.98 Å². The minimum absolute atomic E-state index is 0.0262. The predicted molar refractivity (Wildman–Crippen MR) is 87.9 cm³/mol. The van der Waals surface area contributed by atoms with Gasteiger partial charge in [0, 0.05) is 18.5 Å². The van der Waals surface area contributed by atoms with E-state index in [0.29, 0.717) is 13.0 Å². The number of carbonyl (C=O) groups excluding carboxylic acids is 1. The normalized spacial score (nSPS) is 17.1. The molecule has 1 aliphatic rings. The Hall–Kier alpha value is -2.57. The molecule has 2 aromatic rings. The highest BCUT2D eigenvalue weighted by atomic mass is 16.5. The number of amides is 1. The fourth-order valence-corrected chi connectivity index (χ4v) is 3.19. The van der Waals surface area contributed by atoms with Gasteiger partial charge in [-0.1, -0.05) is 0 Å². The van der Waals surface area contributed by atoms with Gasteiger partial charge in [0.1, 0.15) is 24.2 Å². The van der Waals surface area contributed by atoms with Crippen LogP contribution in [0.5, 0.6) is 11.5 Å². The second-order valence-electron chi connectivity index (χ2n) is 5.76. The van der Waals surface area contributed by atoms with Crippen LogP contribution in [0.15, 0.2) is 30.9 Å². The molecule has 1 amide bonds. The maximum Gasteiger partial charge on any atom is 0.224 e. The van der Waals surface area contributed by atoms with Crippen LogP contribution in [-0.4, -0.2) is 46.3 Å². The van der Waals surface area contributed by atoms with Crippen molar-refractivity contribution in [3.63, 3.8) is 0 Å². The maximum atomic E-state index is 12.7. The van der Waals surface area contributed by atoms with Gasteiger partial charge in [0.25, 0.3) is 0 Å². The molecule has 1 aromatic carbocycles. The van der Waals surface area contributed by atoms with Gasteiger partial charge in [-0.2, -0.15) is 5.10 Å². The topological polar surface area (TPSA) is 69.5 Å². The molecule has 1 atom stereocenters. The zero-order chi connectivity index (χ0) is 16.9. The zero-order valence-corrected chi connectivity index (χ0v) is 14.0. The van der Waals surface area contributed by atoms with Crippen molar-refractivity contribution in [2.24, 2.45) is 0 Å². The van der Waals surface area contributed by atoms with Crippen LogP contribution in [0.2, 0.25) is 0 Å². The fraction of sp³-hybridized carbons (Fsp3) is 0.471. The lowest BCUT2D eigenvalue weighted by atomic mass is 10.0. The van der Waals surface area contributed by atoms with Crippen LogP contribution in [0.1, 0.15) is 30.9 Å². The van der Waals surface area contributed by atoms with Gasteiger partial charge in [-0.05, 0) is 31.0 Å². The van der Waals surface area contributed by atoms with E-state index in [1.54, 1.807) is 25.2 Å². The molecule has 0 radical (unpaired) electrons. The predicted octanol–water partition coefficient (Wildman–Crippen LogP) is 2.05. The van der Waals surface area contributed by atoms with Crippen molar-refractivity contribution in [1.29, 1.82) is 0 Å². The third kappa shape index (κ3) is 3.34. The molecule has 7 nitrogen and oxygen atoms in total. The number of aryl methyl sites for hydroxylation is 1. The Balaban J connectivity index is 1.76. The third-order valence-corrected chi connectivity index (χ3v) is 4.39. The van der Waals surface area contributed by atoms with Gasteiger partial charge in [-0.15, -0.1) is 0 Å². The Kier molecular flexibility index (Phi) is 4.98. The molecule has 128 valence electrons. The maximum absolute atomic E-state index is 12.7. The van der Waals surface area contributed by atoms with Crippen LogP contribution in [0.25, 0.3) is 0 Å². The van der Waals surface area contributed by atoms with Gasteiger partial charge in [-0.3, -0.25) is 9.48 Å². The summed E-state index contributed by atoms with van der Waals surface area (Å²) in [7, 11) is 3.29. The quantitative estimate of drug-likeness (QED) is 0.811. The Bertz CT molecular complexity index is 687. The number of ether oxygens (including phenoxy) is 2. The molecular formula is C17H22N4O3. The van der Waals surface area contributed by atoms with E-state index >= 15 is 0 Å². The fourth-order valence-electron chi connectivity index (χ4n) is 3.19. The summed E-state index contributed by atoms with van der Waals surface area (Å²) in [5, 5.41) is 4.04. The second kappa shape index (κ2) is 7.33. The van der Waals surface area contributed by atoms with E-state index in [1.807, 2.05) is 23.1 Å². The van der Waals surface area contributed by atoms with Gasteiger partial charge in [0.2, 0.25) is 5.91 Å². The molecule has 2 heterocycles. The van der Waals surface area contributed by atoms with Crippen molar-refractivity contribution in [2.45, 2.75) is 31.8 Å². The molecule has 0 aliphatic carbocycles. The first-order chi connectivity index (χ1) is 11.7. The van der Waals surface area contributed by atoms with Gasteiger partial charge < -0.3 is 14.4 Å². The summed E-state index contributed by atoms with van der Waals surface area (Å²) in [6.07, 6.45) is 5.43. The van der Waals surface area contributed by atoms with Crippen LogP contribution in [-0.2, 0) is 11.3 Å². The Morgan fingerprint density at radius 3 is 2.92 bits per heavy atom. The minimum Gasteiger partial charge on any atom is -0.497 e. The van der Waals surface area contributed by atoms with Crippen molar-refractivity contribution in [2.75, 3.05) is 20.8 Å². The van der Waals surface area contributed by atoms with Crippen LogP contribution in [0, 0.1) is 0 Å². The summed E-state index contributed by atoms with van der Waals surface area (Å²) in [5.41, 5.74) is 1.00. The standard InChI is InChI=1S/C17H22N4O3/c1-23-13-5-6-16(24-2)14(10-13)15-4-3-8-21(15)17(22)7-9-20-12-18-11-19-20/h5-6,10-12,15H,3-4,7-9H2,1-2H3. The molecule has 3 rings (SSSR count). The third-order valence-electron chi connectivity index (χ3n) is 4.39. The highest BCUT2D eigenvalue weighted by molar-refractivity contribution is 5.77. The number of hydrogen-bond acceptors (Lipinski definition) is 5. The van der Waals surface area contributed by atoms with Crippen LogP contribution >= 0.6 is 0 Å². The number of nitrogens with zero attached hydrogens (tertiary/aromatic N) is 4. The summed E-state index contributed by atoms with van der Waals surface area (Å²) >= 11 is 0. The molecule has 0 bridgehead atoms.